The SMILES string of the molecule is C1CCCC1.C=C1CCC2C3COCOC3CCC2(C)C1CCOc1ccncc1C(=O)O. The maximum atomic E-state index is 11.4. The van der Waals surface area contributed by atoms with Crippen LogP contribution >= 0.6 is 0 Å². The van der Waals surface area contributed by atoms with Crippen molar-refractivity contribution in [2.24, 2.45) is 23.2 Å². The van der Waals surface area contributed by atoms with Gasteiger partial charge in [0, 0.05) is 18.3 Å². The molecule has 3 saturated carbocycles. The van der Waals surface area contributed by atoms with E-state index in [-0.39, 0.29) is 11.0 Å². The number of carboxylic acids is 1. The van der Waals surface area contributed by atoms with Crippen molar-refractivity contribution in [3.05, 3.63) is 36.2 Å². The smallest absolute Gasteiger partial charge is 0.341 e. The van der Waals surface area contributed by atoms with Crippen LogP contribution in [0.1, 0.15) is 81.5 Å². The largest absolute Gasteiger partial charge is 0.493 e. The van der Waals surface area contributed by atoms with Crippen molar-refractivity contribution in [1.29, 1.82) is 0 Å². The number of aromatic carboxylic acids is 1. The first-order valence-corrected chi connectivity index (χ1v) is 12.7. The number of nitrogens with zero attached hydrogens (tertiary/aromatic N) is 1. The van der Waals surface area contributed by atoms with E-state index < -0.39 is 5.97 Å². The Bertz CT molecular complexity index is 815. The number of aromatic nitrogens is 1. The van der Waals surface area contributed by atoms with Crippen molar-refractivity contribution in [2.45, 2.75) is 77.2 Å². The van der Waals surface area contributed by atoms with Gasteiger partial charge in [0.2, 0.25) is 0 Å². The van der Waals surface area contributed by atoms with Crippen molar-refractivity contribution in [1.82, 2.24) is 4.98 Å². The number of carbonyl (C=O) groups is 1. The van der Waals surface area contributed by atoms with Gasteiger partial charge in [-0.2, -0.15) is 0 Å². The van der Waals surface area contributed by atoms with E-state index in [4.69, 9.17) is 14.2 Å². The molecule has 1 aromatic rings. The minimum atomic E-state index is -1.02. The molecule has 0 radical (unpaired) electrons. The topological polar surface area (TPSA) is 77.9 Å². The highest BCUT2D eigenvalue weighted by Crippen LogP contribution is 2.58. The second-order valence-corrected chi connectivity index (χ2v) is 10.3. The molecule has 0 bridgehead atoms. The Balaban J connectivity index is 0.000000459. The molecule has 6 nitrogen and oxygen atoms in total. The van der Waals surface area contributed by atoms with Gasteiger partial charge in [0.05, 0.1) is 19.3 Å². The van der Waals surface area contributed by atoms with Crippen LogP contribution in [-0.4, -0.2) is 42.2 Å². The second-order valence-electron chi connectivity index (χ2n) is 10.3. The van der Waals surface area contributed by atoms with Crippen LogP contribution in [0, 0.1) is 23.2 Å². The van der Waals surface area contributed by atoms with E-state index >= 15 is 0 Å². The van der Waals surface area contributed by atoms with Gasteiger partial charge >= 0.3 is 5.97 Å². The van der Waals surface area contributed by atoms with E-state index in [9.17, 15) is 9.90 Å². The Morgan fingerprint density at radius 2 is 2.03 bits per heavy atom. The Morgan fingerprint density at radius 1 is 1.27 bits per heavy atom. The predicted molar refractivity (Wildman–Crippen MR) is 126 cm³/mol. The minimum Gasteiger partial charge on any atom is -0.493 e. The fourth-order valence-corrected chi connectivity index (χ4v) is 6.68. The number of allylic oxidation sites excluding steroid dienone is 1. The zero-order valence-electron chi connectivity index (χ0n) is 20.0. The minimum absolute atomic E-state index is 0.103. The molecule has 3 aliphatic carbocycles. The predicted octanol–water partition coefficient (Wildman–Crippen LogP) is 5.87. The van der Waals surface area contributed by atoms with Crippen LogP contribution in [0.25, 0.3) is 0 Å². The Hall–Kier alpha value is -1.92. The molecule has 1 N–H and O–H groups in total. The highest BCUT2D eigenvalue weighted by molar-refractivity contribution is 5.90. The molecule has 6 heteroatoms. The summed E-state index contributed by atoms with van der Waals surface area (Å²) in [5.41, 5.74) is 1.57. The van der Waals surface area contributed by atoms with Crippen LogP contribution in [0.4, 0.5) is 0 Å². The monoisotopic (exact) mass is 457 g/mol. The number of carboxylic acid groups (broad SMARTS) is 1. The summed E-state index contributed by atoms with van der Waals surface area (Å²) in [6.07, 6.45) is 15.9. The molecule has 4 fully saturated rings. The highest BCUT2D eigenvalue weighted by Gasteiger charge is 2.53. The van der Waals surface area contributed by atoms with E-state index in [1.807, 2.05) is 0 Å². The fraction of sp³-hybridized carbons (Fsp3) is 0.704. The molecule has 0 aromatic carbocycles. The first-order valence-electron chi connectivity index (χ1n) is 12.7. The third-order valence-corrected chi connectivity index (χ3v) is 8.48. The molecule has 5 rings (SSSR count). The Labute approximate surface area is 197 Å². The van der Waals surface area contributed by atoms with Gasteiger partial charge in [0.15, 0.2) is 0 Å². The van der Waals surface area contributed by atoms with Gasteiger partial charge < -0.3 is 19.3 Å². The number of rotatable bonds is 5. The lowest BCUT2D eigenvalue weighted by molar-refractivity contribution is -0.218. The van der Waals surface area contributed by atoms with E-state index in [0.717, 1.165) is 38.7 Å². The van der Waals surface area contributed by atoms with Crippen molar-refractivity contribution >= 4 is 5.97 Å². The third kappa shape index (κ3) is 5.43. The number of hydrogen-bond donors (Lipinski definition) is 1. The van der Waals surface area contributed by atoms with E-state index in [1.54, 1.807) is 12.3 Å². The highest BCUT2D eigenvalue weighted by atomic mass is 16.7. The van der Waals surface area contributed by atoms with Gasteiger partial charge in [-0.1, -0.05) is 51.2 Å². The van der Waals surface area contributed by atoms with Crippen LogP contribution < -0.4 is 4.74 Å². The van der Waals surface area contributed by atoms with E-state index in [0.29, 0.717) is 43.0 Å². The summed E-state index contributed by atoms with van der Waals surface area (Å²) in [7, 11) is 0. The average Bonchev–Trinajstić information content (AvgIpc) is 3.41. The summed E-state index contributed by atoms with van der Waals surface area (Å²) in [6.45, 7) is 8.46. The van der Waals surface area contributed by atoms with Gasteiger partial charge in [0.1, 0.15) is 18.1 Å². The zero-order valence-corrected chi connectivity index (χ0v) is 20.0. The van der Waals surface area contributed by atoms with Crippen LogP contribution in [0.15, 0.2) is 30.6 Å². The Morgan fingerprint density at radius 3 is 2.76 bits per heavy atom. The first kappa shape index (κ1) is 24.2. The van der Waals surface area contributed by atoms with Crippen LogP contribution in [-0.2, 0) is 9.47 Å². The van der Waals surface area contributed by atoms with Gasteiger partial charge in [-0.3, -0.25) is 4.98 Å². The van der Waals surface area contributed by atoms with Crippen LogP contribution in [0.2, 0.25) is 0 Å². The molecule has 5 unspecified atom stereocenters. The molecule has 2 heterocycles. The quantitative estimate of drug-likeness (QED) is 0.557. The molecule has 4 aliphatic rings. The van der Waals surface area contributed by atoms with Crippen LogP contribution in [0.5, 0.6) is 5.75 Å². The van der Waals surface area contributed by atoms with Gasteiger partial charge in [0.25, 0.3) is 0 Å². The first-order chi connectivity index (χ1) is 16.0. The van der Waals surface area contributed by atoms with Gasteiger partial charge in [-0.05, 0) is 55.4 Å². The summed E-state index contributed by atoms with van der Waals surface area (Å²) in [6, 6.07) is 1.62. The Kier molecular flexibility index (Phi) is 8.07. The average molecular weight is 458 g/mol. The summed E-state index contributed by atoms with van der Waals surface area (Å²) in [5.74, 6) is 0.751. The molecule has 1 aliphatic heterocycles. The molecule has 5 atom stereocenters. The third-order valence-electron chi connectivity index (χ3n) is 8.48. The lowest BCUT2D eigenvalue weighted by atomic mass is 9.50. The van der Waals surface area contributed by atoms with E-state index in [2.05, 4.69) is 18.5 Å². The summed E-state index contributed by atoms with van der Waals surface area (Å²) in [4.78, 5) is 15.2. The number of hydrogen-bond acceptors (Lipinski definition) is 5. The van der Waals surface area contributed by atoms with E-state index in [1.165, 1.54) is 43.9 Å². The zero-order chi connectivity index (χ0) is 23.3. The van der Waals surface area contributed by atoms with Gasteiger partial charge in [-0.15, -0.1) is 0 Å². The molecular formula is C27H39NO5. The number of ether oxygens (including phenoxy) is 3. The lowest BCUT2D eigenvalue weighted by Crippen LogP contribution is -2.54. The number of pyridine rings is 1. The normalized spacial score (nSPS) is 33.3. The fourth-order valence-electron chi connectivity index (χ4n) is 6.68. The second kappa shape index (κ2) is 11.0. The van der Waals surface area contributed by atoms with Crippen molar-refractivity contribution in [3.63, 3.8) is 0 Å². The van der Waals surface area contributed by atoms with Crippen molar-refractivity contribution in [3.8, 4) is 5.75 Å². The number of fused-ring (bicyclic) bond motifs is 3. The molecule has 1 aromatic heterocycles. The molecule has 0 amide bonds. The molecular weight excluding hydrogens is 418 g/mol. The maximum Gasteiger partial charge on any atom is 0.341 e. The molecule has 182 valence electrons. The maximum absolute atomic E-state index is 11.4. The lowest BCUT2D eigenvalue weighted by Gasteiger charge is -2.57. The molecule has 1 saturated heterocycles. The summed E-state index contributed by atoms with van der Waals surface area (Å²) >= 11 is 0. The standard InChI is InChI=1S/C22H29NO5.C5H10/c1-14-3-4-18-16-12-26-13-28-19(16)5-8-22(18,2)17(14)7-10-27-20-6-9-23-11-15(20)21(24)25;1-2-4-5-3-1/h6,9,11,16-19H,1,3-5,7-8,10,12-13H2,2H3,(H,24,25);1-5H2. The van der Waals surface area contributed by atoms with Crippen molar-refractivity contribution < 1.29 is 24.1 Å². The van der Waals surface area contributed by atoms with Crippen LogP contribution in [0.3, 0.4) is 0 Å². The molecule has 0 spiro atoms. The summed E-state index contributed by atoms with van der Waals surface area (Å²) in [5, 5.41) is 9.30. The molecule has 33 heavy (non-hydrogen) atoms. The van der Waals surface area contributed by atoms with Crippen molar-refractivity contribution in [2.75, 3.05) is 20.0 Å². The van der Waals surface area contributed by atoms with Gasteiger partial charge in [-0.25, -0.2) is 4.79 Å². The summed E-state index contributed by atoms with van der Waals surface area (Å²) < 4.78 is 17.4.